The monoisotopic (exact) mass is 363 g/mol. The predicted molar refractivity (Wildman–Crippen MR) is 99.5 cm³/mol. The van der Waals surface area contributed by atoms with Gasteiger partial charge in [0.2, 0.25) is 5.91 Å². The van der Waals surface area contributed by atoms with Gasteiger partial charge in [0.05, 0.1) is 12.7 Å². The maximum atomic E-state index is 12.4. The second-order valence-electron chi connectivity index (χ2n) is 5.70. The van der Waals surface area contributed by atoms with Gasteiger partial charge in [-0.25, -0.2) is 4.79 Å². The molecule has 0 radical (unpaired) electrons. The summed E-state index contributed by atoms with van der Waals surface area (Å²) in [5.41, 5.74) is 1.79. The number of aromatic nitrogens is 1. The summed E-state index contributed by atoms with van der Waals surface area (Å²) in [6, 6.07) is 16.0. The Hall–Kier alpha value is -3.79. The number of benzene rings is 2. The molecule has 0 spiro atoms. The number of hydrogen-bond acceptors (Lipinski definition) is 5. The molecule has 3 aromatic rings. The summed E-state index contributed by atoms with van der Waals surface area (Å²) in [5.74, 6) is -0.134. The summed E-state index contributed by atoms with van der Waals surface area (Å²) in [6.07, 6.45) is 1.62. The first kappa shape index (κ1) is 18.0. The minimum absolute atomic E-state index is 0.0328. The molecule has 0 saturated carbocycles. The fraction of sp³-hybridized carbons (Fsp3) is 0.150. The number of rotatable bonds is 6. The highest BCUT2D eigenvalue weighted by Crippen LogP contribution is 2.22. The smallest absolute Gasteiger partial charge is 0.340 e. The molecule has 7 nitrogen and oxygen atoms in total. The third-order valence-electron chi connectivity index (χ3n) is 3.95. The Morgan fingerprint density at radius 2 is 1.89 bits per heavy atom. The molecule has 0 unspecified atom stereocenters. The van der Waals surface area contributed by atoms with E-state index < -0.39 is 5.97 Å². The molecule has 2 aromatic carbocycles. The Labute approximate surface area is 155 Å². The SMILES string of the molecule is COC(=O)c1cn(CC(=O)Nc2ccc(OCC#N)cc2)c2ccccc12. The van der Waals surface area contributed by atoms with Crippen LogP contribution in [0.5, 0.6) is 5.75 Å². The van der Waals surface area contributed by atoms with Gasteiger partial charge in [0.1, 0.15) is 18.4 Å². The van der Waals surface area contributed by atoms with E-state index in [2.05, 4.69) is 5.32 Å². The van der Waals surface area contributed by atoms with Crippen LogP contribution in [0.15, 0.2) is 54.7 Å². The average Bonchev–Trinajstić information content (AvgIpc) is 3.05. The lowest BCUT2D eigenvalue weighted by Gasteiger charge is -2.08. The summed E-state index contributed by atoms with van der Waals surface area (Å²) in [6.45, 7) is 0.0130. The number of hydrogen-bond donors (Lipinski definition) is 1. The molecule has 1 aromatic heterocycles. The van der Waals surface area contributed by atoms with Crippen molar-refractivity contribution in [1.29, 1.82) is 5.26 Å². The first-order chi connectivity index (χ1) is 13.1. The fourth-order valence-electron chi connectivity index (χ4n) is 2.76. The van der Waals surface area contributed by atoms with Crippen LogP contribution in [-0.4, -0.2) is 30.2 Å². The van der Waals surface area contributed by atoms with Crippen LogP contribution in [0.1, 0.15) is 10.4 Å². The predicted octanol–water partition coefficient (Wildman–Crippen LogP) is 2.97. The van der Waals surface area contributed by atoms with Gasteiger partial charge in [-0.15, -0.1) is 0 Å². The lowest BCUT2D eigenvalue weighted by molar-refractivity contribution is -0.116. The number of fused-ring (bicyclic) bond motifs is 1. The molecule has 0 aliphatic carbocycles. The zero-order valence-electron chi connectivity index (χ0n) is 14.6. The molecule has 0 saturated heterocycles. The van der Waals surface area contributed by atoms with Crippen LogP contribution in [0, 0.1) is 11.3 Å². The van der Waals surface area contributed by atoms with Gasteiger partial charge in [-0.3, -0.25) is 4.79 Å². The zero-order chi connectivity index (χ0) is 19.2. The van der Waals surface area contributed by atoms with E-state index in [9.17, 15) is 9.59 Å². The van der Waals surface area contributed by atoms with E-state index in [1.807, 2.05) is 30.3 Å². The summed E-state index contributed by atoms with van der Waals surface area (Å²) in [7, 11) is 1.32. The number of carbonyl (C=O) groups is 2. The molecular formula is C20H17N3O4. The molecule has 3 rings (SSSR count). The van der Waals surface area contributed by atoms with Crippen molar-refractivity contribution in [3.8, 4) is 11.8 Å². The third-order valence-corrected chi connectivity index (χ3v) is 3.95. The van der Waals surface area contributed by atoms with Gasteiger partial charge in [0, 0.05) is 22.8 Å². The standard InChI is InChI=1S/C20H17N3O4/c1-26-20(25)17-12-23(18-5-3-2-4-16(17)18)13-19(24)22-14-6-8-15(9-7-14)27-11-10-21/h2-9,12H,11,13H2,1H3,(H,22,24). The minimum Gasteiger partial charge on any atom is -0.479 e. The topological polar surface area (TPSA) is 93.3 Å². The summed E-state index contributed by atoms with van der Waals surface area (Å²) in [5, 5.41) is 12.0. The number of amides is 1. The van der Waals surface area contributed by atoms with E-state index in [0.29, 0.717) is 17.0 Å². The van der Waals surface area contributed by atoms with Gasteiger partial charge in [-0.1, -0.05) is 18.2 Å². The van der Waals surface area contributed by atoms with Crippen molar-refractivity contribution in [3.05, 3.63) is 60.3 Å². The number of methoxy groups -OCH3 is 1. The van der Waals surface area contributed by atoms with Crippen molar-refractivity contribution in [3.63, 3.8) is 0 Å². The van der Waals surface area contributed by atoms with Crippen LogP contribution in [0.2, 0.25) is 0 Å². The van der Waals surface area contributed by atoms with E-state index >= 15 is 0 Å². The first-order valence-corrected chi connectivity index (χ1v) is 8.18. The lowest BCUT2D eigenvalue weighted by Crippen LogP contribution is -2.18. The molecule has 136 valence electrons. The molecule has 1 heterocycles. The minimum atomic E-state index is -0.446. The summed E-state index contributed by atoms with van der Waals surface area (Å²) in [4.78, 5) is 24.4. The highest BCUT2D eigenvalue weighted by atomic mass is 16.5. The van der Waals surface area contributed by atoms with Crippen LogP contribution in [0.4, 0.5) is 5.69 Å². The van der Waals surface area contributed by atoms with Crippen LogP contribution in [-0.2, 0) is 16.1 Å². The van der Waals surface area contributed by atoms with Gasteiger partial charge in [0.15, 0.2) is 6.61 Å². The number of anilines is 1. The molecule has 1 N–H and O–H groups in total. The quantitative estimate of drug-likeness (QED) is 0.680. The maximum Gasteiger partial charge on any atom is 0.340 e. The largest absolute Gasteiger partial charge is 0.479 e. The van der Waals surface area contributed by atoms with Crippen LogP contribution in [0.3, 0.4) is 0 Å². The third kappa shape index (κ3) is 4.07. The van der Waals surface area contributed by atoms with E-state index in [-0.39, 0.29) is 19.1 Å². The number of esters is 1. The number of carbonyl (C=O) groups excluding carboxylic acids is 2. The van der Waals surface area contributed by atoms with E-state index in [1.54, 1.807) is 35.0 Å². The molecule has 0 fully saturated rings. The highest BCUT2D eigenvalue weighted by molar-refractivity contribution is 6.04. The number of para-hydroxylation sites is 1. The van der Waals surface area contributed by atoms with Gasteiger partial charge in [0.25, 0.3) is 0 Å². The Balaban J connectivity index is 1.74. The molecule has 7 heteroatoms. The number of ether oxygens (including phenoxy) is 2. The van der Waals surface area contributed by atoms with Crippen LogP contribution in [0.25, 0.3) is 10.9 Å². The van der Waals surface area contributed by atoms with Gasteiger partial charge in [-0.05, 0) is 30.3 Å². The highest BCUT2D eigenvalue weighted by Gasteiger charge is 2.16. The molecule has 1 amide bonds. The fourth-order valence-corrected chi connectivity index (χ4v) is 2.76. The second-order valence-corrected chi connectivity index (χ2v) is 5.70. The molecule has 0 aliphatic rings. The van der Waals surface area contributed by atoms with E-state index in [0.717, 1.165) is 10.9 Å². The Morgan fingerprint density at radius 3 is 2.59 bits per heavy atom. The molecule has 0 aliphatic heterocycles. The van der Waals surface area contributed by atoms with Gasteiger partial charge < -0.3 is 19.4 Å². The Kier molecular flexibility index (Phi) is 5.38. The van der Waals surface area contributed by atoms with Gasteiger partial charge >= 0.3 is 5.97 Å². The Morgan fingerprint density at radius 1 is 1.15 bits per heavy atom. The number of nitrogens with zero attached hydrogens (tertiary/aromatic N) is 2. The number of nitriles is 1. The number of nitrogens with one attached hydrogen (secondary N) is 1. The molecule has 27 heavy (non-hydrogen) atoms. The molecular weight excluding hydrogens is 346 g/mol. The van der Waals surface area contributed by atoms with E-state index in [1.165, 1.54) is 7.11 Å². The van der Waals surface area contributed by atoms with E-state index in [4.69, 9.17) is 14.7 Å². The van der Waals surface area contributed by atoms with Crippen molar-refractivity contribution < 1.29 is 19.1 Å². The van der Waals surface area contributed by atoms with Crippen molar-refractivity contribution in [1.82, 2.24) is 4.57 Å². The average molecular weight is 363 g/mol. The first-order valence-electron chi connectivity index (χ1n) is 8.18. The normalized spacial score (nSPS) is 10.2. The van der Waals surface area contributed by atoms with Gasteiger partial charge in [-0.2, -0.15) is 5.26 Å². The van der Waals surface area contributed by atoms with Crippen molar-refractivity contribution >= 4 is 28.5 Å². The second kappa shape index (κ2) is 8.06. The summed E-state index contributed by atoms with van der Waals surface area (Å²) >= 11 is 0. The lowest BCUT2D eigenvalue weighted by atomic mass is 10.2. The molecule has 0 bridgehead atoms. The van der Waals surface area contributed by atoms with Crippen LogP contribution >= 0.6 is 0 Å². The summed E-state index contributed by atoms with van der Waals surface area (Å²) < 4.78 is 11.7. The maximum absolute atomic E-state index is 12.4. The Bertz CT molecular complexity index is 1020. The molecule has 0 atom stereocenters. The zero-order valence-corrected chi connectivity index (χ0v) is 14.6. The van der Waals surface area contributed by atoms with Crippen molar-refractivity contribution in [2.75, 3.05) is 19.0 Å². The van der Waals surface area contributed by atoms with Crippen molar-refractivity contribution in [2.24, 2.45) is 0 Å². The van der Waals surface area contributed by atoms with Crippen LogP contribution < -0.4 is 10.1 Å². The van der Waals surface area contributed by atoms with Crippen molar-refractivity contribution in [2.45, 2.75) is 6.54 Å².